The fourth-order valence-corrected chi connectivity index (χ4v) is 3.61. The van der Waals surface area contributed by atoms with Crippen LogP contribution in [0.4, 0.5) is 0 Å². The van der Waals surface area contributed by atoms with Crippen molar-refractivity contribution in [3.05, 3.63) is 29.8 Å². The van der Waals surface area contributed by atoms with Crippen LogP contribution in [0.15, 0.2) is 29.3 Å². The van der Waals surface area contributed by atoms with Crippen molar-refractivity contribution >= 4 is 35.8 Å². The Morgan fingerprint density at radius 3 is 2.90 bits per heavy atom. The topological polar surface area (TPSA) is 66.4 Å². The number of ether oxygens (including phenoxy) is 2. The number of likely N-dealkylation sites (tertiary alicyclic amines) is 1. The molecule has 3 rings (SSSR count). The van der Waals surface area contributed by atoms with Crippen molar-refractivity contribution in [1.82, 2.24) is 15.1 Å². The minimum absolute atomic E-state index is 0. The summed E-state index contributed by atoms with van der Waals surface area (Å²) >= 11 is 0. The molecule has 1 fully saturated rings. The molecule has 2 heterocycles. The molecule has 0 bridgehead atoms. The first kappa shape index (κ1) is 23.7. The number of nitrogens with zero attached hydrogens (tertiary/aromatic N) is 3. The molecule has 29 heavy (non-hydrogen) atoms. The van der Waals surface area contributed by atoms with Gasteiger partial charge in [-0.25, -0.2) is 4.99 Å². The van der Waals surface area contributed by atoms with Gasteiger partial charge in [0.2, 0.25) is 5.91 Å². The lowest BCUT2D eigenvalue weighted by Crippen LogP contribution is -2.44. The van der Waals surface area contributed by atoms with Crippen LogP contribution in [0.3, 0.4) is 0 Å². The van der Waals surface area contributed by atoms with Gasteiger partial charge in [-0.1, -0.05) is 18.2 Å². The minimum Gasteiger partial charge on any atom is -0.493 e. The quantitative estimate of drug-likeness (QED) is 0.358. The van der Waals surface area contributed by atoms with Gasteiger partial charge >= 0.3 is 0 Å². The van der Waals surface area contributed by atoms with Gasteiger partial charge < -0.3 is 24.6 Å². The molecule has 1 aromatic rings. The Morgan fingerprint density at radius 1 is 1.34 bits per heavy atom. The van der Waals surface area contributed by atoms with E-state index >= 15 is 0 Å². The number of benzene rings is 1. The summed E-state index contributed by atoms with van der Waals surface area (Å²) in [6.07, 6.45) is 1.95. The Bertz CT molecular complexity index is 698. The molecule has 1 aromatic carbocycles. The first-order valence-corrected chi connectivity index (χ1v) is 10.1. The predicted molar refractivity (Wildman–Crippen MR) is 125 cm³/mol. The second-order valence-corrected chi connectivity index (χ2v) is 7.56. The van der Waals surface area contributed by atoms with Crippen LogP contribution >= 0.6 is 24.0 Å². The molecule has 162 valence electrons. The SMILES string of the molecule is CCOCC1CCN(C(=NCC(=O)N(C)C)NC2CCOc3ccccc32)C1.I. The van der Waals surface area contributed by atoms with Crippen molar-refractivity contribution in [2.75, 3.05) is 53.6 Å². The zero-order chi connectivity index (χ0) is 19.9. The van der Waals surface area contributed by atoms with Crippen LogP contribution in [-0.4, -0.2) is 75.2 Å². The molecule has 0 saturated carbocycles. The number of likely N-dealkylation sites (N-methyl/N-ethyl adjacent to an activating group) is 1. The fraction of sp³-hybridized carbons (Fsp3) is 0.619. The highest BCUT2D eigenvalue weighted by Gasteiger charge is 2.28. The lowest BCUT2D eigenvalue weighted by atomic mass is 10.0. The van der Waals surface area contributed by atoms with E-state index in [0.717, 1.165) is 56.4 Å². The summed E-state index contributed by atoms with van der Waals surface area (Å²) in [7, 11) is 3.52. The van der Waals surface area contributed by atoms with Crippen molar-refractivity contribution < 1.29 is 14.3 Å². The number of amides is 1. The molecule has 2 aliphatic rings. The van der Waals surface area contributed by atoms with E-state index in [0.29, 0.717) is 12.5 Å². The van der Waals surface area contributed by atoms with Gasteiger partial charge in [-0.15, -0.1) is 24.0 Å². The average Bonchev–Trinajstić information content (AvgIpc) is 3.18. The number of nitrogens with one attached hydrogen (secondary N) is 1. The zero-order valence-electron chi connectivity index (χ0n) is 17.6. The molecule has 0 aliphatic carbocycles. The number of fused-ring (bicyclic) bond motifs is 1. The number of hydrogen-bond acceptors (Lipinski definition) is 4. The Labute approximate surface area is 190 Å². The first-order chi connectivity index (χ1) is 13.6. The van der Waals surface area contributed by atoms with E-state index in [-0.39, 0.29) is 42.5 Å². The van der Waals surface area contributed by atoms with E-state index in [9.17, 15) is 4.79 Å². The minimum atomic E-state index is -0.00302. The third-order valence-corrected chi connectivity index (χ3v) is 5.27. The standard InChI is InChI=1S/C21H32N4O3.HI/c1-4-27-15-16-9-11-25(14-16)21(22-13-20(26)24(2)3)23-18-10-12-28-19-8-6-5-7-17(18)19;/h5-8,16,18H,4,9-15H2,1-3H3,(H,22,23);1H. The van der Waals surface area contributed by atoms with Gasteiger partial charge in [0.05, 0.1) is 19.3 Å². The normalized spacial score (nSPS) is 21.1. The Balaban J connectivity index is 0.00000300. The van der Waals surface area contributed by atoms with Gasteiger partial charge in [0.1, 0.15) is 12.3 Å². The number of para-hydroxylation sites is 1. The Hall–Kier alpha value is -1.55. The number of hydrogen-bond donors (Lipinski definition) is 1. The van der Waals surface area contributed by atoms with Crippen molar-refractivity contribution in [1.29, 1.82) is 0 Å². The Kier molecular flexibility index (Phi) is 9.48. The summed E-state index contributed by atoms with van der Waals surface area (Å²) < 4.78 is 11.4. The second-order valence-electron chi connectivity index (χ2n) is 7.56. The third kappa shape index (κ3) is 6.47. The first-order valence-electron chi connectivity index (χ1n) is 10.1. The summed E-state index contributed by atoms with van der Waals surface area (Å²) in [6.45, 7) is 6.18. The molecular weight excluding hydrogens is 483 g/mol. The van der Waals surface area contributed by atoms with Crippen LogP contribution in [0, 0.1) is 5.92 Å². The summed E-state index contributed by atoms with van der Waals surface area (Å²) in [5, 5.41) is 3.61. The molecule has 8 heteroatoms. The maximum absolute atomic E-state index is 12.1. The number of carbonyl (C=O) groups is 1. The van der Waals surface area contributed by atoms with E-state index in [1.807, 2.05) is 25.1 Å². The summed E-state index contributed by atoms with van der Waals surface area (Å²) in [6, 6.07) is 8.25. The molecule has 1 saturated heterocycles. The average molecular weight is 516 g/mol. The lowest BCUT2D eigenvalue weighted by Gasteiger charge is -2.31. The summed E-state index contributed by atoms with van der Waals surface area (Å²) in [5.41, 5.74) is 1.14. The summed E-state index contributed by atoms with van der Waals surface area (Å²) in [4.78, 5) is 20.6. The molecule has 0 aromatic heterocycles. The van der Waals surface area contributed by atoms with E-state index in [2.05, 4.69) is 21.3 Å². The van der Waals surface area contributed by atoms with E-state index in [4.69, 9.17) is 9.47 Å². The number of carbonyl (C=O) groups excluding carboxylic acids is 1. The highest BCUT2D eigenvalue weighted by atomic mass is 127. The lowest BCUT2D eigenvalue weighted by molar-refractivity contribution is -0.127. The highest BCUT2D eigenvalue weighted by molar-refractivity contribution is 14.0. The zero-order valence-corrected chi connectivity index (χ0v) is 19.9. The molecular formula is C21H33IN4O3. The number of halogens is 1. The molecule has 0 spiro atoms. The van der Waals surface area contributed by atoms with Crippen molar-refractivity contribution in [3.8, 4) is 5.75 Å². The summed E-state index contributed by atoms with van der Waals surface area (Å²) in [5.74, 6) is 2.22. The maximum atomic E-state index is 12.1. The highest BCUT2D eigenvalue weighted by Crippen LogP contribution is 2.32. The van der Waals surface area contributed by atoms with Gasteiger partial charge in [-0.2, -0.15) is 0 Å². The van der Waals surface area contributed by atoms with Crippen molar-refractivity contribution in [3.63, 3.8) is 0 Å². The van der Waals surface area contributed by atoms with Crippen LogP contribution in [0.25, 0.3) is 0 Å². The van der Waals surface area contributed by atoms with Crippen LogP contribution in [0.5, 0.6) is 5.75 Å². The molecule has 0 radical (unpaired) electrons. The van der Waals surface area contributed by atoms with E-state index in [1.165, 1.54) is 0 Å². The van der Waals surface area contributed by atoms with Gasteiger partial charge in [0.25, 0.3) is 0 Å². The molecule has 2 aliphatic heterocycles. The third-order valence-electron chi connectivity index (χ3n) is 5.27. The van der Waals surface area contributed by atoms with Gasteiger partial charge in [-0.05, 0) is 19.4 Å². The van der Waals surface area contributed by atoms with Crippen LogP contribution in [-0.2, 0) is 9.53 Å². The van der Waals surface area contributed by atoms with Crippen LogP contribution in [0.2, 0.25) is 0 Å². The predicted octanol–water partition coefficient (Wildman–Crippen LogP) is 2.52. The maximum Gasteiger partial charge on any atom is 0.243 e. The van der Waals surface area contributed by atoms with Gasteiger partial charge in [-0.3, -0.25) is 4.79 Å². The smallest absolute Gasteiger partial charge is 0.243 e. The molecule has 1 N–H and O–H groups in total. The molecule has 2 unspecified atom stereocenters. The molecule has 7 nitrogen and oxygen atoms in total. The van der Waals surface area contributed by atoms with Gasteiger partial charge in [0, 0.05) is 51.7 Å². The van der Waals surface area contributed by atoms with Crippen LogP contribution in [0.1, 0.15) is 31.4 Å². The Morgan fingerprint density at radius 2 is 2.14 bits per heavy atom. The van der Waals surface area contributed by atoms with Crippen LogP contribution < -0.4 is 10.1 Å². The largest absolute Gasteiger partial charge is 0.493 e. The number of rotatable bonds is 6. The monoisotopic (exact) mass is 516 g/mol. The number of aliphatic imine (C=N–C) groups is 1. The second kappa shape index (κ2) is 11.6. The van der Waals surface area contributed by atoms with Gasteiger partial charge in [0.15, 0.2) is 5.96 Å². The molecule has 1 amide bonds. The van der Waals surface area contributed by atoms with E-state index < -0.39 is 0 Å². The van der Waals surface area contributed by atoms with E-state index in [1.54, 1.807) is 19.0 Å². The number of guanidine groups is 1. The van der Waals surface area contributed by atoms with Crippen molar-refractivity contribution in [2.45, 2.75) is 25.8 Å². The van der Waals surface area contributed by atoms with Crippen molar-refractivity contribution in [2.24, 2.45) is 10.9 Å². The molecule has 2 atom stereocenters. The fourth-order valence-electron chi connectivity index (χ4n) is 3.61.